The summed E-state index contributed by atoms with van der Waals surface area (Å²) < 4.78 is 7.72. The van der Waals surface area contributed by atoms with Gasteiger partial charge >= 0.3 is 0 Å². The van der Waals surface area contributed by atoms with Crippen LogP contribution in [0.3, 0.4) is 0 Å². The van der Waals surface area contributed by atoms with Gasteiger partial charge in [-0.2, -0.15) is 5.10 Å². The van der Waals surface area contributed by atoms with Crippen LogP contribution in [-0.2, 0) is 11.8 Å². The average Bonchev–Trinajstić information content (AvgIpc) is 3.41. The number of nitrogens with one attached hydrogen (secondary N) is 1. The lowest BCUT2D eigenvalue weighted by molar-refractivity contribution is -0.146. The molecule has 0 atom stereocenters. The summed E-state index contributed by atoms with van der Waals surface area (Å²) in [4.78, 5) is 32.4. The Morgan fingerprint density at radius 3 is 2.51 bits per heavy atom. The molecular weight excluding hydrogens is 486 g/mol. The molecule has 1 aromatic carbocycles. The third-order valence-corrected chi connectivity index (χ3v) is 7.67. The molecule has 0 bridgehead atoms. The number of rotatable bonds is 6. The van der Waals surface area contributed by atoms with Crippen LogP contribution in [0.25, 0.3) is 0 Å². The fourth-order valence-corrected chi connectivity index (χ4v) is 5.41. The topological polar surface area (TPSA) is 89.4 Å². The molecule has 1 aliphatic rings. The number of likely N-dealkylation sites (tertiary alicyclic amines) is 1. The van der Waals surface area contributed by atoms with Crippen LogP contribution >= 0.6 is 22.9 Å². The number of piperidine rings is 1. The molecule has 0 unspecified atom stereocenters. The zero-order valence-electron chi connectivity index (χ0n) is 20.6. The number of thiazole rings is 1. The highest BCUT2D eigenvalue weighted by Gasteiger charge is 2.37. The predicted molar refractivity (Wildman–Crippen MR) is 137 cm³/mol. The van der Waals surface area contributed by atoms with E-state index in [1.54, 1.807) is 36.0 Å². The van der Waals surface area contributed by atoms with Crippen molar-refractivity contribution in [1.82, 2.24) is 19.7 Å². The van der Waals surface area contributed by atoms with Gasteiger partial charge in [-0.3, -0.25) is 14.3 Å². The number of benzene rings is 1. The van der Waals surface area contributed by atoms with E-state index in [9.17, 15) is 9.59 Å². The largest absolute Gasteiger partial charge is 0.476 e. The Kier molecular flexibility index (Phi) is 7.19. The Labute approximate surface area is 214 Å². The highest BCUT2D eigenvalue weighted by atomic mass is 35.5. The first-order chi connectivity index (χ1) is 16.6. The number of carbonyl (C=O) groups is 2. The van der Waals surface area contributed by atoms with Crippen LogP contribution in [0.4, 0.5) is 5.69 Å². The first-order valence-electron chi connectivity index (χ1n) is 11.6. The van der Waals surface area contributed by atoms with Gasteiger partial charge in [-0.25, -0.2) is 4.98 Å². The number of aromatic nitrogens is 3. The van der Waals surface area contributed by atoms with Crippen molar-refractivity contribution in [2.24, 2.45) is 7.05 Å². The van der Waals surface area contributed by atoms with Gasteiger partial charge in [0.05, 0.1) is 27.1 Å². The van der Waals surface area contributed by atoms with E-state index < -0.39 is 5.60 Å². The molecule has 8 nitrogen and oxygen atoms in total. The molecule has 3 aromatic rings. The molecule has 1 fully saturated rings. The second-order valence-electron chi connectivity index (χ2n) is 9.30. The highest BCUT2D eigenvalue weighted by Crippen LogP contribution is 2.33. The third kappa shape index (κ3) is 5.36. The molecule has 0 aliphatic carbocycles. The Balaban J connectivity index is 1.35. The molecule has 0 saturated carbocycles. The van der Waals surface area contributed by atoms with Gasteiger partial charge in [0.1, 0.15) is 11.4 Å². The van der Waals surface area contributed by atoms with Gasteiger partial charge in [-0.15, -0.1) is 11.3 Å². The predicted octanol–water partition coefficient (Wildman–Crippen LogP) is 4.96. The van der Waals surface area contributed by atoms with E-state index >= 15 is 0 Å². The van der Waals surface area contributed by atoms with Gasteiger partial charge in [0, 0.05) is 31.4 Å². The van der Waals surface area contributed by atoms with Gasteiger partial charge in [0.2, 0.25) is 0 Å². The highest BCUT2D eigenvalue weighted by molar-refractivity contribution is 7.10. The summed E-state index contributed by atoms with van der Waals surface area (Å²) in [6.45, 7) is 8.52. The molecule has 0 radical (unpaired) electrons. The van der Waals surface area contributed by atoms with E-state index in [2.05, 4.69) is 15.4 Å². The minimum atomic E-state index is -1.03. The van der Waals surface area contributed by atoms with Crippen LogP contribution in [0.5, 0.6) is 5.75 Å². The maximum atomic E-state index is 13.2. The Morgan fingerprint density at radius 1 is 1.20 bits per heavy atom. The smallest absolute Gasteiger partial charge is 0.275 e. The van der Waals surface area contributed by atoms with Crippen molar-refractivity contribution in [2.75, 3.05) is 18.4 Å². The molecule has 10 heteroatoms. The van der Waals surface area contributed by atoms with E-state index in [1.807, 2.05) is 37.9 Å². The van der Waals surface area contributed by atoms with Gasteiger partial charge < -0.3 is 15.0 Å². The molecule has 186 valence electrons. The summed E-state index contributed by atoms with van der Waals surface area (Å²) in [5.41, 5.74) is 1.75. The molecular formula is C25H30ClN5O3S. The molecule has 2 amide bonds. The monoisotopic (exact) mass is 515 g/mol. The zero-order chi connectivity index (χ0) is 25.3. The summed E-state index contributed by atoms with van der Waals surface area (Å²) in [7, 11) is 1.85. The van der Waals surface area contributed by atoms with Gasteiger partial charge in [0.15, 0.2) is 5.60 Å². The number of hydrogen-bond acceptors (Lipinski definition) is 6. The van der Waals surface area contributed by atoms with Crippen molar-refractivity contribution >= 4 is 40.4 Å². The molecule has 3 heterocycles. The number of para-hydroxylation sites is 1. The minimum absolute atomic E-state index is 0.0720. The Bertz CT molecular complexity index is 1240. The minimum Gasteiger partial charge on any atom is -0.476 e. The average molecular weight is 516 g/mol. The molecule has 35 heavy (non-hydrogen) atoms. The fourth-order valence-electron chi connectivity index (χ4n) is 4.27. The maximum Gasteiger partial charge on any atom is 0.275 e. The Hall–Kier alpha value is -2.91. The van der Waals surface area contributed by atoms with Crippen molar-refractivity contribution in [2.45, 2.75) is 52.1 Å². The van der Waals surface area contributed by atoms with Crippen LogP contribution < -0.4 is 10.1 Å². The number of ether oxygens (including phenoxy) is 1. The summed E-state index contributed by atoms with van der Waals surface area (Å²) in [6.07, 6.45) is 1.56. The first kappa shape index (κ1) is 25.2. The second kappa shape index (κ2) is 9.99. The van der Waals surface area contributed by atoms with Crippen molar-refractivity contribution in [3.8, 4) is 5.75 Å². The number of anilines is 1. The van der Waals surface area contributed by atoms with Crippen LogP contribution in [0.1, 0.15) is 59.5 Å². The van der Waals surface area contributed by atoms with Gasteiger partial charge in [0.25, 0.3) is 11.8 Å². The number of carbonyl (C=O) groups excluding carboxylic acids is 2. The molecule has 2 aromatic heterocycles. The SMILES string of the molecule is Cc1nn(C)c(C)c1NC(=O)c1csc(C2CCN(C(=O)C(C)(C)Oc3ccccc3Cl)CC2)n1. The van der Waals surface area contributed by atoms with E-state index in [-0.39, 0.29) is 17.7 Å². The summed E-state index contributed by atoms with van der Waals surface area (Å²) in [6, 6.07) is 7.15. The summed E-state index contributed by atoms with van der Waals surface area (Å²) in [5, 5.41) is 10.5. The summed E-state index contributed by atoms with van der Waals surface area (Å²) >= 11 is 7.70. The van der Waals surface area contributed by atoms with E-state index in [0.29, 0.717) is 29.6 Å². The molecule has 1 N–H and O–H groups in total. The van der Waals surface area contributed by atoms with Crippen LogP contribution in [0.2, 0.25) is 5.02 Å². The van der Waals surface area contributed by atoms with Crippen LogP contribution in [-0.4, -0.2) is 50.2 Å². The van der Waals surface area contributed by atoms with Crippen molar-refractivity contribution in [3.05, 3.63) is 56.8 Å². The zero-order valence-corrected chi connectivity index (χ0v) is 22.2. The van der Waals surface area contributed by atoms with Crippen LogP contribution in [0, 0.1) is 13.8 Å². The van der Waals surface area contributed by atoms with Gasteiger partial charge in [-0.1, -0.05) is 23.7 Å². The summed E-state index contributed by atoms with van der Waals surface area (Å²) in [5.74, 6) is 0.391. The lowest BCUT2D eigenvalue weighted by Gasteiger charge is -2.36. The van der Waals surface area contributed by atoms with Crippen molar-refractivity contribution in [1.29, 1.82) is 0 Å². The fraction of sp³-hybridized carbons (Fsp3) is 0.440. The quantitative estimate of drug-likeness (QED) is 0.501. The molecule has 4 rings (SSSR count). The maximum absolute atomic E-state index is 13.2. The van der Waals surface area contributed by atoms with Crippen molar-refractivity contribution < 1.29 is 14.3 Å². The molecule has 0 spiro atoms. The molecule has 1 saturated heterocycles. The second-order valence-corrected chi connectivity index (χ2v) is 10.6. The number of amides is 2. The molecule has 1 aliphatic heterocycles. The van der Waals surface area contributed by atoms with Crippen molar-refractivity contribution in [3.63, 3.8) is 0 Å². The van der Waals surface area contributed by atoms with Gasteiger partial charge in [-0.05, 0) is 52.7 Å². The standard InChI is InChI=1S/C25H30ClN5O3S/c1-15-21(16(2)30(5)29-15)28-22(32)19-14-35-23(27-19)17-10-12-31(13-11-17)24(33)25(3,4)34-20-9-7-6-8-18(20)26/h6-9,14,17H,10-13H2,1-5H3,(H,28,32). The van der Waals surface area contributed by atoms with E-state index in [1.165, 1.54) is 11.3 Å². The number of hydrogen-bond donors (Lipinski definition) is 1. The van der Waals surface area contributed by atoms with E-state index in [0.717, 1.165) is 34.9 Å². The van der Waals surface area contributed by atoms with E-state index in [4.69, 9.17) is 16.3 Å². The lowest BCUT2D eigenvalue weighted by Crippen LogP contribution is -2.51. The Morgan fingerprint density at radius 2 is 1.89 bits per heavy atom. The number of nitrogens with zero attached hydrogens (tertiary/aromatic N) is 4. The first-order valence-corrected chi connectivity index (χ1v) is 12.8. The normalized spacial score (nSPS) is 14.7. The van der Waals surface area contributed by atoms with Crippen LogP contribution in [0.15, 0.2) is 29.6 Å². The number of aryl methyl sites for hydroxylation is 2. The lowest BCUT2D eigenvalue weighted by atomic mass is 9.96. The third-order valence-electron chi connectivity index (χ3n) is 6.35. The number of halogens is 1.